The molecule has 0 radical (unpaired) electrons. The highest BCUT2D eigenvalue weighted by Gasteiger charge is 2.28. The molecule has 0 bridgehead atoms. The van der Waals surface area contributed by atoms with Crippen molar-refractivity contribution in [3.8, 4) is 0 Å². The van der Waals surface area contributed by atoms with Gasteiger partial charge in [0.05, 0.1) is 6.04 Å². The molecule has 0 aromatic heterocycles. The van der Waals surface area contributed by atoms with Gasteiger partial charge in [-0.1, -0.05) is 25.1 Å². The van der Waals surface area contributed by atoms with Gasteiger partial charge in [0.15, 0.2) is 0 Å². The van der Waals surface area contributed by atoms with Crippen molar-refractivity contribution < 1.29 is 4.79 Å². The molecule has 2 rings (SSSR count). The molecule has 18 heavy (non-hydrogen) atoms. The van der Waals surface area contributed by atoms with E-state index in [4.69, 9.17) is 0 Å². The summed E-state index contributed by atoms with van der Waals surface area (Å²) < 4.78 is 0. The van der Waals surface area contributed by atoms with Gasteiger partial charge in [-0.2, -0.15) is 0 Å². The summed E-state index contributed by atoms with van der Waals surface area (Å²) in [4.78, 5) is 14.4. The monoisotopic (exact) mass is 246 g/mol. The van der Waals surface area contributed by atoms with Gasteiger partial charge in [0, 0.05) is 18.8 Å². The summed E-state index contributed by atoms with van der Waals surface area (Å²) in [7, 11) is 0. The highest BCUT2D eigenvalue weighted by molar-refractivity contribution is 5.98. The lowest BCUT2D eigenvalue weighted by Gasteiger charge is -2.27. The molecular formula is C15H22N2O. The van der Waals surface area contributed by atoms with E-state index >= 15 is 0 Å². The molecule has 1 N–H and O–H groups in total. The van der Waals surface area contributed by atoms with Crippen LogP contribution in [0.4, 0.5) is 5.69 Å². The number of rotatable bonds is 1. The van der Waals surface area contributed by atoms with E-state index in [1.165, 1.54) is 11.1 Å². The Morgan fingerprint density at radius 2 is 1.83 bits per heavy atom. The van der Waals surface area contributed by atoms with Gasteiger partial charge in [-0.3, -0.25) is 4.79 Å². The largest absolute Gasteiger partial charge is 0.310 e. The smallest absolute Gasteiger partial charge is 0.243 e. The fraction of sp³-hybridized carbons (Fsp3) is 0.533. The van der Waals surface area contributed by atoms with Gasteiger partial charge in [-0.15, -0.1) is 0 Å². The average Bonchev–Trinajstić information content (AvgIpc) is 2.43. The predicted molar refractivity (Wildman–Crippen MR) is 74.9 cm³/mol. The van der Waals surface area contributed by atoms with Gasteiger partial charge >= 0.3 is 0 Å². The fourth-order valence-electron chi connectivity index (χ4n) is 2.60. The molecule has 98 valence electrons. The second kappa shape index (κ2) is 5.11. The van der Waals surface area contributed by atoms with E-state index in [0.29, 0.717) is 5.92 Å². The van der Waals surface area contributed by atoms with E-state index in [0.717, 1.165) is 18.8 Å². The number of anilines is 1. The van der Waals surface area contributed by atoms with Gasteiger partial charge in [-0.05, 0) is 37.8 Å². The molecule has 1 aliphatic heterocycles. The first-order chi connectivity index (χ1) is 8.50. The molecule has 3 heteroatoms. The van der Waals surface area contributed by atoms with Gasteiger partial charge in [0.2, 0.25) is 5.91 Å². The summed E-state index contributed by atoms with van der Waals surface area (Å²) >= 11 is 0. The van der Waals surface area contributed by atoms with Crippen LogP contribution in [0.1, 0.15) is 25.0 Å². The first-order valence-electron chi connectivity index (χ1n) is 6.61. The topological polar surface area (TPSA) is 32.3 Å². The highest BCUT2D eigenvalue weighted by Crippen LogP contribution is 2.27. The lowest BCUT2D eigenvalue weighted by molar-refractivity contribution is -0.119. The average molecular weight is 246 g/mol. The zero-order chi connectivity index (χ0) is 13.3. The van der Waals surface area contributed by atoms with E-state index in [1.54, 1.807) is 0 Å². The van der Waals surface area contributed by atoms with Crippen LogP contribution in [-0.4, -0.2) is 25.0 Å². The van der Waals surface area contributed by atoms with E-state index in [-0.39, 0.29) is 11.9 Å². The Labute approximate surface area is 109 Å². The van der Waals surface area contributed by atoms with Crippen molar-refractivity contribution in [3.63, 3.8) is 0 Å². The number of nitrogens with zero attached hydrogens (tertiary/aromatic N) is 1. The molecule has 1 saturated heterocycles. The number of para-hydroxylation sites is 1. The van der Waals surface area contributed by atoms with Crippen LogP contribution in [0.5, 0.6) is 0 Å². The molecule has 0 aliphatic carbocycles. The molecule has 2 unspecified atom stereocenters. The lowest BCUT2D eigenvalue weighted by atomic mass is 10.1. The molecule has 1 aromatic carbocycles. The third-order valence-corrected chi connectivity index (χ3v) is 3.61. The van der Waals surface area contributed by atoms with Crippen LogP contribution in [0.3, 0.4) is 0 Å². The zero-order valence-corrected chi connectivity index (χ0v) is 11.7. The first-order valence-corrected chi connectivity index (χ1v) is 6.61. The molecule has 2 atom stereocenters. The molecule has 1 aliphatic rings. The number of aryl methyl sites for hydroxylation is 2. The van der Waals surface area contributed by atoms with Crippen LogP contribution in [0.15, 0.2) is 18.2 Å². The minimum Gasteiger partial charge on any atom is -0.310 e. The van der Waals surface area contributed by atoms with Crippen molar-refractivity contribution >= 4 is 11.6 Å². The summed E-state index contributed by atoms with van der Waals surface area (Å²) in [5, 5.41) is 3.29. The minimum atomic E-state index is -0.103. The minimum absolute atomic E-state index is 0.103. The predicted octanol–water partition coefficient (Wildman–Crippen LogP) is 2.26. The number of carbonyl (C=O) groups excluding carboxylic acids is 1. The van der Waals surface area contributed by atoms with Crippen LogP contribution in [-0.2, 0) is 4.79 Å². The standard InChI is InChI=1S/C15H22N2O/c1-10-8-16-13(4)15(18)17(9-10)14-11(2)6-5-7-12(14)3/h5-7,10,13,16H,8-9H2,1-4H3. The number of carbonyl (C=O) groups is 1. The van der Waals surface area contributed by atoms with Crippen molar-refractivity contribution in [2.24, 2.45) is 5.92 Å². The number of hydrogen-bond acceptors (Lipinski definition) is 2. The van der Waals surface area contributed by atoms with E-state index in [9.17, 15) is 4.79 Å². The van der Waals surface area contributed by atoms with Crippen LogP contribution in [0.2, 0.25) is 0 Å². The van der Waals surface area contributed by atoms with E-state index in [1.807, 2.05) is 17.9 Å². The Balaban J connectivity index is 2.43. The third-order valence-electron chi connectivity index (χ3n) is 3.61. The zero-order valence-electron chi connectivity index (χ0n) is 11.7. The summed E-state index contributed by atoms with van der Waals surface area (Å²) in [6.07, 6.45) is 0. The van der Waals surface area contributed by atoms with Crippen LogP contribution in [0.25, 0.3) is 0 Å². The molecule has 1 aromatic rings. The second-order valence-electron chi connectivity index (χ2n) is 5.42. The molecular weight excluding hydrogens is 224 g/mol. The molecule has 0 saturated carbocycles. The van der Waals surface area contributed by atoms with Crippen molar-refractivity contribution in [1.82, 2.24) is 5.32 Å². The van der Waals surface area contributed by atoms with Gasteiger partial charge in [0.1, 0.15) is 0 Å². The SMILES string of the molecule is Cc1cccc(C)c1N1CC(C)CNC(C)C1=O. The first kappa shape index (κ1) is 13.1. The maximum Gasteiger partial charge on any atom is 0.243 e. The fourth-order valence-corrected chi connectivity index (χ4v) is 2.60. The molecule has 1 amide bonds. The number of amides is 1. The Kier molecular flexibility index (Phi) is 3.71. The van der Waals surface area contributed by atoms with Crippen LogP contribution < -0.4 is 10.2 Å². The summed E-state index contributed by atoms with van der Waals surface area (Å²) in [6, 6.07) is 6.09. The van der Waals surface area contributed by atoms with Crippen LogP contribution >= 0.6 is 0 Å². The van der Waals surface area contributed by atoms with Gasteiger partial charge < -0.3 is 10.2 Å². The Morgan fingerprint density at radius 1 is 1.22 bits per heavy atom. The van der Waals surface area contributed by atoms with Gasteiger partial charge in [0.25, 0.3) is 0 Å². The number of benzene rings is 1. The van der Waals surface area contributed by atoms with Gasteiger partial charge in [-0.25, -0.2) is 0 Å². The lowest BCUT2D eigenvalue weighted by Crippen LogP contribution is -2.42. The maximum absolute atomic E-state index is 12.5. The number of nitrogens with one attached hydrogen (secondary N) is 1. The normalized spacial score (nSPS) is 25.1. The van der Waals surface area contributed by atoms with Crippen molar-refractivity contribution in [2.45, 2.75) is 33.7 Å². The Bertz CT molecular complexity index is 436. The van der Waals surface area contributed by atoms with E-state index in [2.05, 4.69) is 38.2 Å². The van der Waals surface area contributed by atoms with Crippen molar-refractivity contribution in [2.75, 3.05) is 18.0 Å². The molecule has 0 spiro atoms. The molecule has 3 nitrogen and oxygen atoms in total. The Morgan fingerprint density at radius 3 is 2.44 bits per heavy atom. The molecule has 1 fully saturated rings. The summed E-state index contributed by atoms with van der Waals surface area (Å²) in [5.74, 6) is 0.648. The van der Waals surface area contributed by atoms with Crippen molar-refractivity contribution in [3.05, 3.63) is 29.3 Å². The second-order valence-corrected chi connectivity index (χ2v) is 5.42. The highest BCUT2D eigenvalue weighted by atomic mass is 16.2. The van der Waals surface area contributed by atoms with E-state index < -0.39 is 0 Å². The Hall–Kier alpha value is -1.35. The van der Waals surface area contributed by atoms with Crippen LogP contribution in [0, 0.1) is 19.8 Å². The third kappa shape index (κ3) is 2.41. The van der Waals surface area contributed by atoms with Crippen molar-refractivity contribution in [1.29, 1.82) is 0 Å². The molecule has 1 heterocycles. The number of hydrogen-bond donors (Lipinski definition) is 1. The maximum atomic E-state index is 12.5. The quantitative estimate of drug-likeness (QED) is 0.824. The summed E-state index contributed by atoms with van der Waals surface area (Å²) in [5.41, 5.74) is 3.43. The summed E-state index contributed by atoms with van der Waals surface area (Å²) in [6.45, 7) is 9.96.